The molecule has 0 radical (unpaired) electrons. The number of aliphatic carboxylic acids is 1. The summed E-state index contributed by atoms with van der Waals surface area (Å²) in [5.74, 6) is 0.159. The largest absolute Gasteiger partial charge is 0.480 e. The summed E-state index contributed by atoms with van der Waals surface area (Å²) in [6, 6.07) is 9.55. The van der Waals surface area contributed by atoms with Crippen LogP contribution in [0.15, 0.2) is 41.1 Å². The van der Waals surface area contributed by atoms with Gasteiger partial charge >= 0.3 is 5.97 Å². The predicted octanol–water partition coefficient (Wildman–Crippen LogP) is 2.35. The Hall–Kier alpha value is -2.15. The van der Waals surface area contributed by atoms with Crippen LogP contribution in [0.3, 0.4) is 0 Å². The molecule has 7 heteroatoms. The van der Waals surface area contributed by atoms with Gasteiger partial charge in [0.15, 0.2) is 0 Å². The van der Waals surface area contributed by atoms with Crippen molar-refractivity contribution in [3.8, 4) is 0 Å². The molecule has 0 aliphatic rings. The number of nitrogens with one attached hydrogen (secondary N) is 2. The predicted molar refractivity (Wildman–Crippen MR) is 79.6 cm³/mol. The minimum Gasteiger partial charge on any atom is -0.480 e. The van der Waals surface area contributed by atoms with Crippen LogP contribution in [0.4, 0.5) is 11.6 Å². The number of carboxylic acid groups (broad SMARTS) is 1. The van der Waals surface area contributed by atoms with Crippen molar-refractivity contribution in [2.45, 2.75) is 6.54 Å². The number of hydrogen-bond acceptors (Lipinski definition) is 5. The number of carboxylic acids is 1. The number of rotatable bonds is 6. The van der Waals surface area contributed by atoms with Crippen molar-refractivity contribution in [2.75, 3.05) is 17.2 Å². The zero-order chi connectivity index (χ0) is 14.4. The Labute approximate surface area is 124 Å². The zero-order valence-electron chi connectivity index (χ0n) is 10.5. The molecule has 0 aliphatic carbocycles. The van der Waals surface area contributed by atoms with Crippen molar-refractivity contribution < 1.29 is 9.90 Å². The molecule has 0 amide bonds. The Bertz CT molecular complexity index is 606. The minimum atomic E-state index is -0.939. The van der Waals surface area contributed by atoms with E-state index in [1.165, 1.54) is 6.33 Å². The van der Waals surface area contributed by atoms with E-state index < -0.39 is 5.97 Å². The van der Waals surface area contributed by atoms with Gasteiger partial charge in [0.1, 0.15) is 24.5 Å². The lowest BCUT2D eigenvalue weighted by Gasteiger charge is -2.08. The monoisotopic (exact) mass is 336 g/mol. The van der Waals surface area contributed by atoms with Gasteiger partial charge in [-0.2, -0.15) is 0 Å². The number of halogens is 1. The number of anilines is 2. The number of carbonyl (C=O) groups is 1. The quantitative estimate of drug-likeness (QED) is 0.750. The van der Waals surface area contributed by atoms with Crippen LogP contribution in [0.2, 0.25) is 0 Å². The van der Waals surface area contributed by atoms with Crippen LogP contribution in [0.1, 0.15) is 5.56 Å². The lowest BCUT2D eigenvalue weighted by Crippen LogP contribution is -2.13. The third kappa shape index (κ3) is 4.20. The highest BCUT2D eigenvalue weighted by atomic mass is 79.9. The average Bonchev–Trinajstić information content (AvgIpc) is 2.45. The maximum Gasteiger partial charge on any atom is 0.322 e. The molecule has 3 N–H and O–H groups in total. The first-order valence-electron chi connectivity index (χ1n) is 5.90. The first-order valence-corrected chi connectivity index (χ1v) is 6.69. The second-order valence-electron chi connectivity index (χ2n) is 3.98. The highest BCUT2D eigenvalue weighted by Gasteiger charge is 2.02. The summed E-state index contributed by atoms with van der Waals surface area (Å²) in [5, 5.41) is 14.5. The Morgan fingerprint density at radius 3 is 2.60 bits per heavy atom. The fraction of sp³-hybridized carbons (Fsp3) is 0.154. The van der Waals surface area contributed by atoms with Crippen molar-refractivity contribution in [3.63, 3.8) is 0 Å². The number of benzene rings is 1. The van der Waals surface area contributed by atoms with Crippen molar-refractivity contribution in [1.29, 1.82) is 0 Å². The molecule has 0 saturated heterocycles. The van der Waals surface area contributed by atoms with Crippen molar-refractivity contribution >= 4 is 33.5 Å². The fourth-order valence-electron chi connectivity index (χ4n) is 1.54. The fourth-order valence-corrected chi connectivity index (χ4v) is 1.97. The minimum absolute atomic E-state index is 0.180. The van der Waals surface area contributed by atoms with E-state index in [0.717, 1.165) is 10.0 Å². The molecule has 0 atom stereocenters. The highest BCUT2D eigenvalue weighted by molar-refractivity contribution is 9.10. The van der Waals surface area contributed by atoms with Gasteiger partial charge in [0.2, 0.25) is 0 Å². The summed E-state index contributed by atoms with van der Waals surface area (Å²) in [4.78, 5) is 18.5. The lowest BCUT2D eigenvalue weighted by molar-refractivity contribution is -0.134. The van der Waals surface area contributed by atoms with Crippen LogP contribution in [-0.4, -0.2) is 27.6 Å². The Balaban J connectivity index is 1.98. The molecular weight excluding hydrogens is 324 g/mol. The molecule has 1 aromatic heterocycles. The standard InChI is InChI=1S/C13H13BrN4O2/c14-10-4-2-1-3-9(10)6-15-11-5-12(18-8-17-11)16-7-13(19)20/h1-5,8H,6-7H2,(H,19,20)(H2,15,16,17,18). The van der Waals surface area contributed by atoms with Crippen molar-refractivity contribution in [2.24, 2.45) is 0 Å². The Morgan fingerprint density at radius 2 is 1.90 bits per heavy atom. The number of hydrogen-bond donors (Lipinski definition) is 3. The SMILES string of the molecule is O=C(O)CNc1cc(NCc2ccccc2Br)ncn1. The molecule has 1 aromatic carbocycles. The zero-order valence-corrected chi connectivity index (χ0v) is 12.1. The number of aromatic nitrogens is 2. The second kappa shape index (κ2) is 6.85. The summed E-state index contributed by atoms with van der Waals surface area (Å²) in [6.45, 7) is 0.428. The molecular formula is C13H13BrN4O2. The van der Waals surface area contributed by atoms with Crippen molar-refractivity contribution in [1.82, 2.24) is 9.97 Å². The lowest BCUT2D eigenvalue weighted by atomic mass is 10.2. The van der Waals surface area contributed by atoms with E-state index in [9.17, 15) is 4.79 Å². The average molecular weight is 337 g/mol. The van der Waals surface area contributed by atoms with Crippen LogP contribution in [-0.2, 0) is 11.3 Å². The van der Waals surface area contributed by atoms with Gasteiger partial charge in [-0.15, -0.1) is 0 Å². The molecule has 104 valence electrons. The molecule has 0 unspecified atom stereocenters. The Morgan fingerprint density at radius 1 is 1.20 bits per heavy atom. The van der Waals surface area contributed by atoms with Crippen molar-refractivity contribution in [3.05, 3.63) is 46.7 Å². The van der Waals surface area contributed by atoms with Gasteiger partial charge in [-0.3, -0.25) is 4.79 Å². The van der Waals surface area contributed by atoms with Gasteiger partial charge in [0.25, 0.3) is 0 Å². The van der Waals surface area contributed by atoms with Gasteiger partial charge in [-0.25, -0.2) is 9.97 Å². The van der Waals surface area contributed by atoms with Gasteiger partial charge < -0.3 is 15.7 Å². The first kappa shape index (κ1) is 14.3. The summed E-state index contributed by atoms with van der Waals surface area (Å²) in [7, 11) is 0. The van der Waals surface area contributed by atoms with E-state index >= 15 is 0 Å². The molecule has 0 bridgehead atoms. The summed E-state index contributed by atoms with van der Waals surface area (Å²) in [6.07, 6.45) is 1.38. The normalized spacial score (nSPS) is 10.1. The topological polar surface area (TPSA) is 87.1 Å². The third-order valence-corrected chi connectivity index (χ3v) is 3.28. The summed E-state index contributed by atoms with van der Waals surface area (Å²) in [5.41, 5.74) is 1.10. The van der Waals surface area contributed by atoms with E-state index in [4.69, 9.17) is 5.11 Å². The molecule has 0 saturated carbocycles. The molecule has 2 aromatic rings. The molecule has 6 nitrogen and oxygen atoms in total. The van der Waals surface area contributed by atoms with Crippen LogP contribution in [0.25, 0.3) is 0 Å². The van der Waals surface area contributed by atoms with E-state index in [0.29, 0.717) is 18.2 Å². The third-order valence-electron chi connectivity index (χ3n) is 2.51. The maximum absolute atomic E-state index is 10.5. The molecule has 0 aliphatic heterocycles. The molecule has 20 heavy (non-hydrogen) atoms. The molecule has 0 fully saturated rings. The van der Waals surface area contributed by atoms with Crippen LogP contribution in [0.5, 0.6) is 0 Å². The van der Waals surface area contributed by atoms with E-state index in [2.05, 4.69) is 36.5 Å². The molecule has 0 spiro atoms. The van der Waals surface area contributed by atoms with Crippen LogP contribution >= 0.6 is 15.9 Å². The van der Waals surface area contributed by atoms with E-state index in [1.54, 1.807) is 6.07 Å². The summed E-state index contributed by atoms with van der Waals surface area (Å²) >= 11 is 3.47. The molecule has 2 rings (SSSR count). The van der Waals surface area contributed by atoms with Gasteiger partial charge in [0.05, 0.1) is 0 Å². The summed E-state index contributed by atoms with van der Waals surface area (Å²) < 4.78 is 1.02. The Kier molecular flexibility index (Phi) is 4.89. The first-order chi connectivity index (χ1) is 9.65. The van der Waals surface area contributed by atoms with Gasteiger partial charge in [-0.1, -0.05) is 34.1 Å². The smallest absolute Gasteiger partial charge is 0.322 e. The van der Waals surface area contributed by atoms with Crippen LogP contribution < -0.4 is 10.6 Å². The van der Waals surface area contributed by atoms with E-state index in [-0.39, 0.29) is 6.54 Å². The number of nitrogens with zero attached hydrogens (tertiary/aromatic N) is 2. The molecule has 1 heterocycles. The van der Waals surface area contributed by atoms with Gasteiger partial charge in [-0.05, 0) is 11.6 Å². The maximum atomic E-state index is 10.5. The second-order valence-corrected chi connectivity index (χ2v) is 4.84. The highest BCUT2D eigenvalue weighted by Crippen LogP contribution is 2.17. The van der Waals surface area contributed by atoms with E-state index in [1.807, 2.05) is 24.3 Å². The van der Waals surface area contributed by atoms with Crippen LogP contribution in [0, 0.1) is 0 Å². The van der Waals surface area contributed by atoms with Gasteiger partial charge in [0, 0.05) is 17.1 Å².